The summed E-state index contributed by atoms with van der Waals surface area (Å²) in [6, 6.07) is 80.7. The number of ether oxygens (including phenoxy) is 1. The Morgan fingerprint density at radius 1 is 0.344 bits per heavy atom. The number of hydrogen-bond donors (Lipinski definition) is 0. The number of rotatable bonds is 6. The monoisotopic (exact) mass is 815 g/mol. The molecule has 0 bridgehead atoms. The maximum absolute atomic E-state index is 9.38. The highest BCUT2D eigenvalue weighted by Gasteiger charge is 2.52. The Morgan fingerprint density at radius 3 is 1.36 bits per heavy atom. The van der Waals surface area contributed by atoms with E-state index in [9.17, 15) is 5.26 Å². The Labute approximate surface area is 372 Å². The quantitative estimate of drug-likeness (QED) is 0.168. The Kier molecular flexibility index (Phi) is 8.74. The first-order valence-electron chi connectivity index (χ1n) is 21.5. The summed E-state index contributed by atoms with van der Waals surface area (Å²) in [4.78, 5) is 10.6. The highest BCUT2D eigenvalue weighted by molar-refractivity contribution is 5.92. The highest BCUT2D eigenvalue weighted by atomic mass is 16.5. The largest absolute Gasteiger partial charge is 0.455 e. The predicted octanol–water partition coefficient (Wildman–Crippen LogP) is 14.8. The maximum atomic E-state index is 9.38. The average molecular weight is 816 g/mol. The van der Waals surface area contributed by atoms with Gasteiger partial charge in [0.15, 0.2) is 5.82 Å². The minimum Gasteiger partial charge on any atom is -0.455 e. The van der Waals surface area contributed by atoms with Gasteiger partial charge in [0.25, 0.3) is 0 Å². The Bertz CT molecular complexity index is 3400. The number of fused-ring (bicyclic) bond motifs is 9. The molecular weight excluding hydrogens is 779 g/mol. The smallest absolute Gasteiger partial charge is 0.160 e. The van der Waals surface area contributed by atoms with E-state index in [4.69, 9.17) is 14.7 Å². The van der Waals surface area contributed by atoms with E-state index < -0.39 is 5.41 Å². The van der Waals surface area contributed by atoms with Crippen LogP contribution < -0.4 is 4.74 Å². The maximum Gasteiger partial charge on any atom is 0.160 e. The molecule has 9 aromatic carbocycles. The lowest BCUT2D eigenvalue weighted by Crippen LogP contribution is -2.32. The van der Waals surface area contributed by atoms with Crippen molar-refractivity contribution in [2.45, 2.75) is 5.41 Å². The lowest BCUT2D eigenvalue weighted by Gasteiger charge is -2.40. The van der Waals surface area contributed by atoms with Crippen molar-refractivity contribution in [1.29, 1.82) is 5.26 Å². The van der Waals surface area contributed by atoms with Gasteiger partial charge in [0.1, 0.15) is 11.5 Å². The van der Waals surface area contributed by atoms with Gasteiger partial charge in [-0.3, -0.25) is 0 Å². The summed E-state index contributed by atoms with van der Waals surface area (Å²) in [5.41, 5.74) is 17.9. The zero-order chi connectivity index (χ0) is 42.6. The number of benzene rings is 9. The molecule has 1 aromatic heterocycles. The fourth-order valence-electron chi connectivity index (χ4n) is 9.87. The van der Waals surface area contributed by atoms with Crippen LogP contribution in [0.1, 0.15) is 27.8 Å². The summed E-state index contributed by atoms with van der Waals surface area (Å²) in [5, 5.41) is 9.38. The molecule has 64 heavy (non-hydrogen) atoms. The summed E-state index contributed by atoms with van der Waals surface area (Å²) < 4.78 is 7.47. The molecule has 0 fully saturated rings. The SMILES string of the molecule is N#Cc1ccc(-c2ccc(-c3cccc4c3Oc3c(-c5cc(-c6ccccc6)nc(-c6ccc(-c7ccccc7)cc6)n5)cccc3C43c4ccccc4-c4ccccc43)cc2)cc1. The third kappa shape index (κ3) is 5.91. The van der Waals surface area contributed by atoms with Gasteiger partial charge in [-0.15, -0.1) is 0 Å². The fourth-order valence-corrected chi connectivity index (χ4v) is 9.87. The molecule has 2 aliphatic rings. The molecule has 0 unspecified atom stereocenters. The average Bonchev–Trinajstić information content (AvgIpc) is 3.67. The van der Waals surface area contributed by atoms with Gasteiger partial charge in [0.2, 0.25) is 0 Å². The summed E-state index contributed by atoms with van der Waals surface area (Å²) in [6.07, 6.45) is 0. The summed E-state index contributed by atoms with van der Waals surface area (Å²) in [6.45, 7) is 0. The van der Waals surface area contributed by atoms with Crippen LogP contribution in [0, 0.1) is 11.3 Å². The van der Waals surface area contributed by atoms with Crippen molar-refractivity contribution >= 4 is 0 Å². The molecule has 298 valence electrons. The summed E-state index contributed by atoms with van der Waals surface area (Å²) in [5.74, 6) is 2.22. The van der Waals surface area contributed by atoms with Gasteiger partial charge in [-0.05, 0) is 74.3 Å². The van der Waals surface area contributed by atoms with Crippen LogP contribution in [0.25, 0.3) is 78.4 Å². The molecule has 2 heterocycles. The van der Waals surface area contributed by atoms with Crippen molar-refractivity contribution in [3.63, 3.8) is 0 Å². The van der Waals surface area contributed by atoms with Gasteiger partial charge in [-0.1, -0.05) is 200 Å². The second kappa shape index (κ2) is 15.1. The molecule has 1 aliphatic carbocycles. The number of para-hydroxylation sites is 2. The van der Waals surface area contributed by atoms with E-state index in [1.165, 1.54) is 22.3 Å². The van der Waals surface area contributed by atoms with Gasteiger partial charge in [0.05, 0.1) is 28.4 Å². The van der Waals surface area contributed by atoms with E-state index in [1.54, 1.807) is 0 Å². The van der Waals surface area contributed by atoms with E-state index in [-0.39, 0.29) is 0 Å². The third-order valence-corrected chi connectivity index (χ3v) is 12.9. The molecule has 0 radical (unpaired) electrons. The molecule has 0 saturated carbocycles. The molecular formula is C60H37N3O. The van der Waals surface area contributed by atoms with Crippen LogP contribution in [0.2, 0.25) is 0 Å². The van der Waals surface area contributed by atoms with E-state index >= 15 is 0 Å². The Hall–Kier alpha value is -8.65. The summed E-state index contributed by atoms with van der Waals surface area (Å²) in [7, 11) is 0. The van der Waals surface area contributed by atoms with E-state index in [2.05, 4.69) is 182 Å². The van der Waals surface area contributed by atoms with Crippen LogP contribution in [0.3, 0.4) is 0 Å². The minimum atomic E-state index is -0.685. The molecule has 12 rings (SSSR count). The molecule has 0 saturated heterocycles. The van der Waals surface area contributed by atoms with Crippen LogP contribution in [0.15, 0.2) is 224 Å². The van der Waals surface area contributed by atoms with Crippen molar-refractivity contribution in [1.82, 2.24) is 9.97 Å². The highest BCUT2D eigenvalue weighted by Crippen LogP contribution is 2.64. The number of nitrogens with zero attached hydrogens (tertiary/aromatic N) is 3. The van der Waals surface area contributed by atoms with Gasteiger partial charge >= 0.3 is 0 Å². The Balaban J connectivity index is 1.08. The first-order valence-corrected chi connectivity index (χ1v) is 21.5. The molecule has 1 spiro atoms. The predicted molar refractivity (Wildman–Crippen MR) is 257 cm³/mol. The van der Waals surface area contributed by atoms with Gasteiger partial charge in [0, 0.05) is 33.4 Å². The van der Waals surface area contributed by atoms with Crippen molar-refractivity contribution < 1.29 is 4.74 Å². The number of aromatic nitrogens is 2. The molecule has 1 aliphatic heterocycles. The van der Waals surface area contributed by atoms with Crippen LogP contribution >= 0.6 is 0 Å². The molecule has 4 heteroatoms. The first kappa shape index (κ1) is 37.1. The van der Waals surface area contributed by atoms with E-state index in [0.717, 1.165) is 84.1 Å². The fraction of sp³-hybridized carbons (Fsp3) is 0.0167. The van der Waals surface area contributed by atoms with Crippen molar-refractivity contribution in [3.8, 4) is 96.0 Å². The lowest BCUT2D eigenvalue weighted by molar-refractivity contribution is 0.439. The molecule has 0 atom stereocenters. The van der Waals surface area contributed by atoms with Crippen molar-refractivity contribution in [3.05, 3.63) is 252 Å². The minimum absolute atomic E-state index is 0.638. The first-order chi connectivity index (χ1) is 31.7. The number of hydrogen-bond acceptors (Lipinski definition) is 4. The Morgan fingerprint density at radius 2 is 0.766 bits per heavy atom. The zero-order valence-electron chi connectivity index (χ0n) is 34.6. The van der Waals surface area contributed by atoms with Crippen LogP contribution in [0.5, 0.6) is 11.5 Å². The topological polar surface area (TPSA) is 58.8 Å². The molecule has 0 amide bonds. The normalized spacial score (nSPS) is 12.6. The molecule has 0 N–H and O–H groups in total. The van der Waals surface area contributed by atoms with Crippen molar-refractivity contribution in [2.75, 3.05) is 0 Å². The van der Waals surface area contributed by atoms with Crippen LogP contribution in [-0.4, -0.2) is 9.97 Å². The lowest BCUT2D eigenvalue weighted by atomic mass is 9.65. The van der Waals surface area contributed by atoms with Gasteiger partial charge < -0.3 is 4.74 Å². The second-order valence-corrected chi connectivity index (χ2v) is 16.3. The molecule has 4 nitrogen and oxygen atoms in total. The van der Waals surface area contributed by atoms with Crippen molar-refractivity contribution in [2.24, 2.45) is 0 Å². The number of nitriles is 1. The van der Waals surface area contributed by atoms with E-state index in [1.807, 2.05) is 48.5 Å². The third-order valence-electron chi connectivity index (χ3n) is 12.9. The van der Waals surface area contributed by atoms with Crippen LogP contribution in [0.4, 0.5) is 0 Å². The van der Waals surface area contributed by atoms with Crippen LogP contribution in [-0.2, 0) is 5.41 Å². The van der Waals surface area contributed by atoms with Gasteiger partial charge in [-0.25, -0.2) is 9.97 Å². The molecule has 10 aromatic rings. The second-order valence-electron chi connectivity index (χ2n) is 16.3. The van der Waals surface area contributed by atoms with Gasteiger partial charge in [-0.2, -0.15) is 5.26 Å². The standard InChI is InChI=1S/C60H37N3O/c61-38-39-25-27-41(28-26-39)43-29-33-44(34-30-43)47-19-11-23-53-57(47)64-58-50(20-12-24-54(58)60(53)51-21-9-7-17-48(51)49-18-8-10-22-52(49)60)56-37-55(45-15-5-2-6-16-45)62-59(63-56)46-35-31-42(32-36-46)40-13-3-1-4-14-40/h1-37H. The zero-order valence-corrected chi connectivity index (χ0v) is 34.6. The summed E-state index contributed by atoms with van der Waals surface area (Å²) >= 11 is 0. The van der Waals surface area contributed by atoms with E-state index in [0.29, 0.717) is 11.4 Å².